The molecule has 6 heteroatoms. The number of carbonyl (C=O) groups is 1. The molecule has 0 saturated heterocycles. The Bertz CT molecular complexity index is 816. The van der Waals surface area contributed by atoms with Crippen LogP contribution in [0.2, 0.25) is 0 Å². The zero-order valence-electron chi connectivity index (χ0n) is 14.7. The fourth-order valence-electron chi connectivity index (χ4n) is 2.84. The summed E-state index contributed by atoms with van der Waals surface area (Å²) in [5.41, 5.74) is 1.92. The van der Waals surface area contributed by atoms with Gasteiger partial charge in [0, 0.05) is 11.6 Å². The second-order valence-corrected chi connectivity index (χ2v) is 6.17. The minimum absolute atomic E-state index is 0.0408. The van der Waals surface area contributed by atoms with Crippen LogP contribution in [0.3, 0.4) is 0 Å². The van der Waals surface area contributed by atoms with Crippen molar-refractivity contribution in [2.24, 2.45) is 0 Å². The van der Waals surface area contributed by atoms with Crippen molar-refractivity contribution in [1.29, 1.82) is 0 Å². The van der Waals surface area contributed by atoms with Crippen LogP contribution in [0.15, 0.2) is 30.3 Å². The number of aryl methyl sites for hydroxylation is 1. The molecule has 0 spiro atoms. The van der Waals surface area contributed by atoms with Crippen LogP contribution in [0.5, 0.6) is 11.5 Å². The van der Waals surface area contributed by atoms with Gasteiger partial charge in [-0.15, -0.1) is 0 Å². The van der Waals surface area contributed by atoms with E-state index in [4.69, 9.17) is 9.47 Å². The Labute approximate surface area is 150 Å². The summed E-state index contributed by atoms with van der Waals surface area (Å²) in [4.78, 5) is 11.5. The zero-order chi connectivity index (χ0) is 18.7. The van der Waals surface area contributed by atoms with Gasteiger partial charge in [-0.2, -0.15) is 0 Å². The van der Waals surface area contributed by atoms with Gasteiger partial charge in [-0.1, -0.05) is 19.1 Å². The summed E-state index contributed by atoms with van der Waals surface area (Å²) in [7, 11) is 1.22. The van der Waals surface area contributed by atoms with Crippen molar-refractivity contribution in [1.82, 2.24) is 0 Å². The van der Waals surface area contributed by atoms with Crippen LogP contribution in [-0.4, -0.2) is 13.3 Å². The molecule has 0 unspecified atom stereocenters. The van der Waals surface area contributed by atoms with Crippen LogP contribution in [0.25, 0.3) is 0 Å². The average molecular weight is 362 g/mol. The molecule has 138 valence electrons. The first-order valence-corrected chi connectivity index (χ1v) is 8.51. The molecule has 0 heterocycles. The van der Waals surface area contributed by atoms with Crippen molar-refractivity contribution in [3.63, 3.8) is 0 Å². The molecule has 0 N–H and O–H groups in total. The minimum Gasteiger partial charge on any atom is -0.486 e. The van der Waals surface area contributed by atoms with Crippen molar-refractivity contribution in [3.05, 3.63) is 58.7 Å². The first-order valence-electron chi connectivity index (χ1n) is 8.51. The summed E-state index contributed by atoms with van der Waals surface area (Å²) in [5, 5.41) is 0. The molecule has 26 heavy (non-hydrogen) atoms. The lowest BCUT2D eigenvalue weighted by Gasteiger charge is -2.15. The van der Waals surface area contributed by atoms with Crippen molar-refractivity contribution in [3.8, 4) is 11.5 Å². The van der Waals surface area contributed by atoms with Gasteiger partial charge in [-0.25, -0.2) is 13.6 Å². The Morgan fingerprint density at radius 3 is 2.58 bits per heavy atom. The van der Waals surface area contributed by atoms with Crippen molar-refractivity contribution in [2.45, 2.75) is 38.7 Å². The van der Waals surface area contributed by atoms with E-state index in [1.807, 2.05) is 6.07 Å². The molecule has 0 aromatic heterocycles. The minimum atomic E-state index is -0.844. The van der Waals surface area contributed by atoms with E-state index in [1.54, 1.807) is 19.1 Å². The molecule has 4 nitrogen and oxygen atoms in total. The maximum absolute atomic E-state index is 14.2. The number of benzene rings is 2. The van der Waals surface area contributed by atoms with Crippen LogP contribution in [0.1, 0.15) is 42.4 Å². The summed E-state index contributed by atoms with van der Waals surface area (Å²) in [5.74, 6) is -0.645. The van der Waals surface area contributed by atoms with Crippen molar-refractivity contribution < 1.29 is 27.8 Å². The molecule has 1 aliphatic carbocycles. The van der Waals surface area contributed by atoms with Gasteiger partial charge in [0.05, 0.1) is 7.11 Å². The van der Waals surface area contributed by atoms with Crippen LogP contribution in [-0.2, 0) is 17.8 Å². The molecule has 2 aromatic carbocycles. The number of hydrogen-bond acceptors (Lipinski definition) is 4. The molecule has 1 aliphatic rings. The van der Waals surface area contributed by atoms with Gasteiger partial charge in [0.25, 0.3) is 0 Å². The van der Waals surface area contributed by atoms with E-state index in [2.05, 4.69) is 4.74 Å². The number of hydrogen-bond donors (Lipinski definition) is 0. The second-order valence-electron chi connectivity index (χ2n) is 6.17. The Kier molecular flexibility index (Phi) is 5.40. The van der Waals surface area contributed by atoms with Crippen LogP contribution in [0.4, 0.5) is 13.6 Å². The van der Waals surface area contributed by atoms with Crippen LogP contribution >= 0.6 is 0 Å². The standard InChI is InChI=1S/C20H20F2O4/c1-3-12-9-17(22)19(10-16(12)21)25-11-15-14(13-7-8-13)5-4-6-18(15)26-20(23)24-2/h4-6,9-10,13H,3,7-8,11H2,1-2H3. The molecule has 3 rings (SSSR count). The number of halogens is 2. The molecule has 1 saturated carbocycles. The maximum Gasteiger partial charge on any atom is 0.513 e. The third-order valence-corrected chi connectivity index (χ3v) is 4.40. The third-order valence-electron chi connectivity index (χ3n) is 4.40. The fourth-order valence-corrected chi connectivity index (χ4v) is 2.84. The van der Waals surface area contributed by atoms with E-state index in [0.29, 0.717) is 29.2 Å². The van der Waals surface area contributed by atoms with E-state index in [1.165, 1.54) is 7.11 Å². The lowest BCUT2D eigenvalue weighted by molar-refractivity contribution is 0.120. The third kappa shape index (κ3) is 3.95. The van der Waals surface area contributed by atoms with Gasteiger partial charge < -0.3 is 14.2 Å². The molecule has 1 fully saturated rings. The second kappa shape index (κ2) is 7.72. The predicted molar refractivity (Wildman–Crippen MR) is 91.5 cm³/mol. The number of rotatable bonds is 6. The normalized spacial score (nSPS) is 13.4. The first-order chi connectivity index (χ1) is 12.5. The summed E-state index contributed by atoms with van der Waals surface area (Å²) >= 11 is 0. The molecule has 0 bridgehead atoms. The highest BCUT2D eigenvalue weighted by Crippen LogP contribution is 2.44. The fraction of sp³-hybridized carbons (Fsp3) is 0.350. The SMILES string of the molecule is CCc1cc(F)c(OCc2c(OC(=O)OC)cccc2C2CC2)cc1F. The highest BCUT2D eigenvalue weighted by molar-refractivity contribution is 5.65. The molecular weight excluding hydrogens is 342 g/mol. The smallest absolute Gasteiger partial charge is 0.486 e. The zero-order valence-corrected chi connectivity index (χ0v) is 14.7. The maximum atomic E-state index is 14.2. The number of ether oxygens (including phenoxy) is 3. The summed E-state index contributed by atoms with van der Waals surface area (Å²) in [6.07, 6.45) is 1.61. The van der Waals surface area contributed by atoms with E-state index in [0.717, 1.165) is 30.5 Å². The molecule has 0 atom stereocenters. The van der Waals surface area contributed by atoms with Gasteiger partial charge in [-0.05, 0) is 48.4 Å². The van der Waals surface area contributed by atoms with Crippen molar-refractivity contribution in [2.75, 3.05) is 7.11 Å². The number of carbonyl (C=O) groups excluding carboxylic acids is 1. The lowest BCUT2D eigenvalue weighted by atomic mass is 10.0. The Morgan fingerprint density at radius 2 is 1.92 bits per heavy atom. The molecule has 0 aliphatic heterocycles. The lowest BCUT2D eigenvalue weighted by Crippen LogP contribution is -2.11. The van der Waals surface area contributed by atoms with Crippen LogP contribution in [0, 0.1) is 11.6 Å². The predicted octanol–water partition coefficient (Wildman–Crippen LogP) is 5.13. The van der Waals surface area contributed by atoms with Gasteiger partial charge in [0.2, 0.25) is 0 Å². The quantitative estimate of drug-likeness (QED) is 0.528. The largest absolute Gasteiger partial charge is 0.513 e. The first kappa shape index (κ1) is 18.2. The van der Waals surface area contributed by atoms with E-state index in [-0.39, 0.29) is 12.4 Å². The van der Waals surface area contributed by atoms with E-state index >= 15 is 0 Å². The van der Waals surface area contributed by atoms with Gasteiger partial charge in [0.1, 0.15) is 18.2 Å². The van der Waals surface area contributed by atoms with Crippen molar-refractivity contribution >= 4 is 6.16 Å². The molecule has 0 amide bonds. The van der Waals surface area contributed by atoms with Gasteiger partial charge in [0.15, 0.2) is 11.6 Å². The highest BCUT2D eigenvalue weighted by atomic mass is 19.1. The Balaban J connectivity index is 1.87. The Morgan fingerprint density at radius 1 is 1.15 bits per heavy atom. The van der Waals surface area contributed by atoms with Gasteiger partial charge >= 0.3 is 6.16 Å². The molecule has 0 radical (unpaired) electrons. The summed E-state index contributed by atoms with van der Waals surface area (Å²) in [6, 6.07) is 7.53. The monoisotopic (exact) mass is 362 g/mol. The van der Waals surface area contributed by atoms with Gasteiger partial charge in [-0.3, -0.25) is 0 Å². The topological polar surface area (TPSA) is 44.8 Å². The number of methoxy groups -OCH3 is 1. The van der Waals surface area contributed by atoms with Crippen LogP contribution < -0.4 is 9.47 Å². The molecular formula is C20H20F2O4. The highest BCUT2D eigenvalue weighted by Gasteiger charge is 2.28. The Hall–Kier alpha value is -2.63. The summed E-state index contributed by atoms with van der Waals surface area (Å²) < 4.78 is 43.3. The van der Waals surface area contributed by atoms with E-state index in [9.17, 15) is 13.6 Å². The molecule has 2 aromatic rings. The average Bonchev–Trinajstić information content (AvgIpc) is 3.47. The summed E-state index contributed by atoms with van der Waals surface area (Å²) in [6.45, 7) is 1.71. The van der Waals surface area contributed by atoms with E-state index < -0.39 is 17.8 Å².